The van der Waals surface area contributed by atoms with Crippen molar-refractivity contribution in [2.45, 2.75) is 32.8 Å². The second-order valence-corrected chi connectivity index (χ2v) is 7.74. The van der Waals surface area contributed by atoms with Gasteiger partial charge >= 0.3 is 11.9 Å². The SMILES string of the molecule is CC(C)(C)OC(=O)c1cccc2c1Cc1c(C(=O)O)nn(-c3ccccc3)c1-2. The van der Waals surface area contributed by atoms with Crippen LogP contribution in [0.5, 0.6) is 0 Å². The first-order valence-corrected chi connectivity index (χ1v) is 9.02. The Morgan fingerprint density at radius 2 is 1.75 bits per heavy atom. The molecule has 3 aromatic rings. The predicted octanol–water partition coefficient (Wildman–Crippen LogP) is 4.10. The number of carboxylic acids is 1. The molecule has 0 amide bonds. The molecule has 0 atom stereocenters. The minimum atomic E-state index is -1.09. The van der Waals surface area contributed by atoms with Gasteiger partial charge in [0.2, 0.25) is 0 Å². The average molecular weight is 376 g/mol. The lowest BCUT2D eigenvalue weighted by Crippen LogP contribution is -2.24. The first kappa shape index (κ1) is 18.0. The van der Waals surface area contributed by atoms with Gasteiger partial charge in [0.05, 0.1) is 16.9 Å². The smallest absolute Gasteiger partial charge is 0.356 e. The maximum Gasteiger partial charge on any atom is 0.356 e. The number of aromatic carboxylic acids is 1. The lowest BCUT2D eigenvalue weighted by atomic mass is 10.0. The first-order chi connectivity index (χ1) is 13.3. The van der Waals surface area contributed by atoms with Crippen LogP contribution in [0, 0.1) is 0 Å². The van der Waals surface area contributed by atoms with Crippen LogP contribution < -0.4 is 0 Å². The fourth-order valence-corrected chi connectivity index (χ4v) is 3.52. The van der Waals surface area contributed by atoms with Crippen LogP contribution >= 0.6 is 0 Å². The van der Waals surface area contributed by atoms with Crippen LogP contribution in [0.15, 0.2) is 48.5 Å². The van der Waals surface area contributed by atoms with Crippen molar-refractivity contribution in [3.63, 3.8) is 0 Å². The number of aromatic nitrogens is 2. The molecule has 4 rings (SSSR count). The van der Waals surface area contributed by atoms with Crippen LogP contribution in [-0.2, 0) is 11.2 Å². The van der Waals surface area contributed by atoms with E-state index in [0.29, 0.717) is 23.2 Å². The van der Waals surface area contributed by atoms with E-state index in [1.54, 1.807) is 16.8 Å². The highest BCUT2D eigenvalue weighted by Gasteiger charge is 2.34. The monoisotopic (exact) mass is 376 g/mol. The topological polar surface area (TPSA) is 81.4 Å². The minimum absolute atomic E-state index is 0.00481. The number of nitrogens with zero attached hydrogens (tertiary/aromatic N) is 2. The number of benzene rings is 2. The molecule has 1 N–H and O–H groups in total. The van der Waals surface area contributed by atoms with Crippen LogP contribution in [-0.4, -0.2) is 32.4 Å². The van der Waals surface area contributed by atoms with Crippen LogP contribution in [0.4, 0.5) is 0 Å². The third kappa shape index (κ3) is 2.97. The third-order valence-electron chi connectivity index (χ3n) is 4.59. The Labute approximate surface area is 162 Å². The van der Waals surface area contributed by atoms with Gasteiger partial charge in [-0.25, -0.2) is 14.3 Å². The van der Waals surface area contributed by atoms with Crippen molar-refractivity contribution in [3.8, 4) is 16.9 Å². The summed E-state index contributed by atoms with van der Waals surface area (Å²) in [5.41, 5.74) is 3.52. The fraction of sp³-hybridized carbons (Fsp3) is 0.227. The van der Waals surface area contributed by atoms with Gasteiger partial charge in [0.1, 0.15) is 5.60 Å². The summed E-state index contributed by atoms with van der Waals surface area (Å²) in [6.45, 7) is 5.45. The average Bonchev–Trinajstić information content (AvgIpc) is 3.18. The summed E-state index contributed by atoms with van der Waals surface area (Å²) in [4.78, 5) is 24.5. The lowest BCUT2D eigenvalue weighted by molar-refractivity contribution is 0.00684. The summed E-state index contributed by atoms with van der Waals surface area (Å²) in [5, 5.41) is 14.0. The highest BCUT2D eigenvalue weighted by molar-refractivity contribution is 5.98. The van der Waals surface area contributed by atoms with Crippen molar-refractivity contribution in [1.82, 2.24) is 9.78 Å². The molecule has 0 aliphatic heterocycles. The van der Waals surface area contributed by atoms with Gasteiger partial charge < -0.3 is 9.84 Å². The van der Waals surface area contributed by atoms with Gasteiger partial charge in [0.25, 0.3) is 0 Å². The summed E-state index contributed by atoms with van der Waals surface area (Å²) >= 11 is 0. The summed E-state index contributed by atoms with van der Waals surface area (Å²) in [7, 11) is 0. The molecule has 6 heteroatoms. The summed E-state index contributed by atoms with van der Waals surface area (Å²) in [6.07, 6.45) is 0.328. The highest BCUT2D eigenvalue weighted by Crippen LogP contribution is 2.41. The molecule has 142 valence electrons. The molecule has 1 aliphatic carbocycles. The molecule has 1 aromatic heterocycles. The van der Waals surface area contributed by atoms with E-state index >= 15 is 0 Å². The lowest BCUT2D eigenvalue weighted by Gasteiger charge is -2.20. The maximum absolute atomic E-state index is 12.7. The zero-order valence-corrected chi connectivity index (χ0v) is 15.9. The van der Waals surface area contributed by atoms with Crippen molar-refractivity contribution < 1.29 is 19.4 Å². The number of carbonyl (C=O) groups excluding carboxylic acids is 1. The van der Waals surface area contributed by atoms with Crippen molar-refractivity contribution in [2.75, 3.05) is 0 Å². The van der Waals surface area contributed by atoms with E-state index in [1.807, 2.05) is 57.2 Å². The number of rotatable bonds is 3. The molecular weight excluding hydrogens is 356 g/mol. The maximum atomic E-state index is 12.7. The molecule has 0 saturated heterocycles. The number of esters is 1. The highest BCUT2D eigenvalue weighted by atomic mass is 16.6. The van der Waals surface area contributed by atoms with E-state index < -0.39 is 17.5 Å². The Hall–Kier alpha value is -3.41. The van der Waals surface area contributed by atoms with E-state index in [1.165, 1.54) is 0 Å². The van der Waals surface area contributed by atoms with E-state index in [2.05, 4.69) is 5.10 Å². The summed E-state index contributed by atoms with van der Waals surface area (Å²) in [6, 6.07) is 14.8. The van der Waals surface area contributed by atoms with Crippen molar-refractivity contribution >= 4 is 11.9 Å². The Morgan fingerprint density at radius 3 is 2.39 bits per heavy atom. The molecule has 6 nitrogen and oxygen atoms in total. The van der Waals surface area contributed by atoms with Gasteiger partial charge in [-0.1, -0.05) is 30.3 Å². The van der Waals surface area contributed by atoms with Crippen molar-refractivity contribution in [3.05, 3.63) is 70.9 Å². The van der Waals surface area contributed by atoms with Crippen LogP contribution in [0.2, 0.25) is 0 Å². The predicted molar refractivity (Wildman–Crippen MR) is 104 cm³/mol. The van der Waals surface area contributed by atoms with Gasteiger partial charge in [-0.3, -0.25) is 0 Å². The molecule has 28 heavy (non-hydrogen) atoms. The van der Waals surface area contributed by atoms with Gasteiger partial charge in [-0.05, 0) is 44.5 Å². The number of carboxylic acid groups (broad SMARTS) is 1. The van der Waals surface area contributed by atoms with E-state index in [0.717, 1.165) is 16.8 Å². The van der Waals surface area contributed by atoms with Gasteiger partial charge in [0, 0.05) is 17.5 Å². The second-order valence-electron chi connectivity index (χ2n) is 7.74. The molecule has 0 unspecified atom stereocenters. The minimum Gasteiger partial charge on any atom is -0.476 e. The van der Waals surface area contributed by atoms with Crippen LogP contribution in [0.1, 0.15) is 52.7 Å². The van der Waals surface area contributed by atoms with Crippen LogP contribution in [0.3, 0.4) is 0 Å². The zero-order chi connectivity index (χ0) is 20.1. The Balaban J connectivity index is 1.89. The largest absolute Gasteiger partial charge is 0.476 e. The number of hydrogen-bond acceptors (Lipinski definition) is 4. The number of fused-ring (bicyclic) bond motifs is 3. The number of carbonyl (C=O) groups is 2. The molecule has 0 radical (unpaired) electrons. The molecule has 1 heterocycles. The molecule has 0 spiro atoms. The Kier molecular flexibility index (Phi) is 4.07. The first-order valence-electron chi connectivity index (χ1n) is 9.02. The Morgan fingerprint density at radius 1 is 1.04 bits per heavy atom. The molecule has 0 saturated carbocycles. The molecular formula is C22H20N2O4. The summed E-state index contributed by atoms with van der Waals surface area (Å²) < 4.78 is 7.18. The third-order valence-corrected chi connectivity index (χ3v) is 4.59. The zero-order valence-electron chi connectivity index (χ0n) is 15.9. The molecule has 0 bridgehead atoms. The second kappa shape index (κ2) is 6.34. The number of para-hydroxylation sites is 1. The van der Waals surface area contributed by atoms with E-state index in [9.17, 15) is 14.7 Å². The molecule has 0 fully saturated rings. The molecule has 2 aromatic carbocycles. The van der Waals surface area contributed by atoms with Crippen molar-refractivity contribution in [2.24, 2.45) is 0 Å². The van der Waals surface area contributed by atoms with Crippen LogP contribution in [0.25, 0.3) is 16.9 Å². The van der Waals surface area contributed by atoms with Gasteiger partial charge in [0.15, 0.2) is 5.69 Å². The quantitative estimate of drug-likeness (QED) is 0.545. The van der Waals surface area contributed by atoms with Gasteiger partial charge in [-0.2, -0.15) is 5.10 Å². The van der Waals surface area contributed by atoms with E-state index in [4.69, 9.17) is 4.74 Å². The van der Waals surface area contributed by atoms with Crippen molar-refractivity contribution in [1.29, 1.82) is 0 Å². The van der Waals surface area contributed by atoms with Gasteiger partial charge in [-0.15, -0.1) is 0 Å². The number of ether oxygens (including phenoxy) is 1. The molecule has 1 aliphatic rings. The fourth-order valence-electron chi connectivity index (χ4n) is 3.52. The van der Waals surface area contributed by atoms with E-state index in [-0.39, 0.29) is 5.69 Å². The standard InChI is InChI=1S/C22H20N2O4/c1-22(2,3)28-21(27)15-11-7-10-14-16(15)12-17-18(20(25)26)23-24(19(14)17)13-8-5-4-6-9-13/h4-11H,12H2,1-3H3,(H,25,26). The Bertz CT molecular complexity index is 1090. The number of hydrogen-bond donors (Lipinski definition) is 1. The normalized spacial score (nSPS) is 12.4. The summed E-state index contributed by atoms with van der Waals surface area (Å²) in [5.74, 6) is -1.50.